The minimum Gasteiger partial charge on any atom is -0.395 e. The molecule has 1 aliphatic rings. The van der Waals surface area contributed by atoms with Crippen LogP contribution in [0.25, 0.3) is 22.2 Å². The predicted molar refractivity (Wildman–Crippen MR) is 154 cm³/mol. The third kappa shape index (κ3) is 5.79. The van der Waals surface area contributed by atoms with Crippen LogP contribution in [0.1, 0.15) is 0 Å². The van der Waals surface area contributed by atoms with E-state index in [1.54, 1.807) is 36.2 Å². The fourth-order valence-corrected chi connectivity index (χ4v) is 4.82. The second-order valence-corrected chi connectivity index (χ2v) is 9.59. The number of aliphatic hydroxyl groups excluding tert-OH is 1. The highest BCUT2D eigenvalue weighted by Crippen LogP contribution is 2.31. The van der Waals surface area contributed by atoms with Crippen molar-refractivity contribution in [3.05, 3.63) is 83.3 Å². The first-order valence-corrected chi connectivity index (χ1v) is 13.0. The van der Waals surface area contributed by atoms with Crippen LogP contribution in [0.5, 0.6) is 0 Å². The first-order chi connectivity index (χ1) is 19.8. The topological polar surface area (TPSA) is 116 Å². The fraction of sp³-hybridized carbons (Fsp3) is 0.241. The summed E-state index contributed by atoms with van der Waals surface area (Å²) in [6.45, 7) is 6.35. The summed E-state index contributed by atoms with van der Waals surface area (Å²) in [5.41, 5.74) is 2.16. The van der Waals surface area contributed by atoms with Crippen molar-refractivity contribution in [1.82, 2.24) is 19.4 Å². The highest BCUT2D eigenvalue weighted by Gasteiger charge is 2.23. The van der Waals surface area contributed by atoms with E-state index >= 15 is 8.78 Å². The summed E-state index contributed by atoms with van der Waals surface area (Å²) in [6, 6.07) is 11.3. The van der Waals surface area contributed by atoms with Crippen molar-refractivity contribution in [2.24, 2.45) is 7.05 Å². The van der Waals surface area contributed by atoms with Crippen LogP contribution in [0.4, 0.5) is 31.8 Å². The summed E-state index contributed by atoms with van der Waals surface area (Å²) in [5, 5.41) is 14.6. The van der Waals surface area contributed by atoms with Gasteiger partial charge in [0.15, 0.2) is 11.6 Å². The number of carbonyl (C=O) groups is 1. The van der Waals surface area contributed by atoms with E-state index in [9.17, 15) is 9.59 Å². The maximum atomic E-state index is 15.2. The van der Waals surface area contributed by atoms with Gasteiger partial charge in [0.05, 0.1) is 29.7 Å². The van der Waals surface area contributed by atoms with Crippen LogP contribution in [0.3, 0.4) is 0 Å². The highest BCUT2D eigenvalue weighted by atomic mass is 19.2. The van der Waals surface area contributed by atoms with E-state index in [2.05, 4.69) is 32.1 Å². The van der Waals surface area contributed by atoms with Gasteiger partial charge in [0.1, 0.15) is 5.52 Å². The van der Waals surface area contributed by atoms with Gasteiger partial charge in [-0.3, -0.25) is 14.5 Å². The van der Waals surface area contributed by atoms with Gasteiger partial charge < -0.3 is 25.2 Å². The monoisotopic (exact) mass is 561 g/mol. The number of carbonyl (C=O) groups excluding carboxylic acids is 1. The Bertz CT molecular complexity index is 1680. The Kier molecular flexibility index (Phi) is 8.04. The number of β-amino-alcohol motifs (C(OH)–C–C–N with tert-alkyl or cyclic N) is 1. The molecule has 1 saturated heterocycles. The second kappa shape index (κ2) is 11.8. The molecule has 0 radical (unpaired) electrons. The molecule has 1 aliphatic heterocycles. The number of piperazine rings is 1. The van der Waals surface area contributed by atoms with Gasteiger partial charge in [0.2, 0.25) is 11.9 Å². The van der Waals surface area contributed by atoms with Crippen molar-refractivity contribution in [2.75, 3.05) is 54.9 Å². The Morgan fingerprint density at radius 1 is 1.12 bits per heavy atom. The van der Waals surface area contributed by atoms with Crippen LogP contribution >= 0.6 is 0 Å². The molecule has 1 fully saturated rings. The lowest BCUT2D eigenvalue weighted by atomic mass is 10.0. The Hall–Kier alpha value is -4.68. The minimum absolute atomic E-state index is 0.0113. The smallest absolute Gasteiger partial charge is 0.251 e. The van der Waals surface area contributed by atoms with Gasteiger partial charge in [-0.15, -0.1) is 0 Å². The van der Waals surface area contributed by atoms with Crippen LogP contribution in [-0.2, 0) is 11.8 Å². The average Bonchev–Trinajstić information content (AvgIpc) is 2.98. The Labute approximate surface area is 234 Å². The van der Waals surface area contributed by atoms with Crippen LogP contribution in [0.15, 0.2) is 66.1 Å². The number of hydrogen-bond acceptors (Lipinski definition) is 8. The molecule has 0 unspecified atom stereocenters. The van der Waals surface area contributed by atoms with Gasteiger partial charge in [0.25, 0.3) is 5.56 Å². The van der Waals surface area contributed by atoms with E-state index in [0.717, 1.165) is 6.08 Å². The zero-order valence-electron chi connectivity index (χ0n) is 22.4. The van der Waals surface area contributed by atoms with Gasteiger partial charge >= 0.3 is 0 Å². The van der Waals surface area contributed by atoms with Gasteiger partial charge in [-0.05, 0) is 35.9 Å². The molecule has 41 heavy (non-hydrogen) atoms. The molecule has 0 bridgehead atoms. The number of hydrogen-bond donors (Lipinski definition) is 3. The Morgan fingerprint density at radius 2 is 1.90 bits per heavy atom. The number of nitrogens with zero attached hydrogens (tertiary/aromatic N) is 5. The zero-order valence-corrected chi connectivity index (χ0v) is 22.4. The molecular formula is C29H29F2N7O3. The van der Waals surface area contributed by atoms with Crippen molar-refractivity contribution in [3.8, 4) is 11.1 Å². The molecule has 0 atom stereocenters. The number of aromatic nitrogens is 3. The van der Waals surface area contributed by atoms with Gasteiger partial charge in [-0.1, -0.05) is 18.7 Å². The molecule has 10 nitrogen and oxygen atoms in total. The SMILES string of the molecule is C=CC(=O)Nc1cccc(-c2cc(=O)n(C)c3cnc(Nc4ccc(N5CCN(CCO)CC5)c(F)c4F)nc23)c1. The third-order valence-electron chi connectivity index (χ3n) is 7.05. The van der Waals surface area contributed by atoms with E-state index in [0.29, 0.717) is 60.6 Å². The molecular weight excluding hydrogens is 532 g/mol. The number of aliphatic hydroxyl groups is 1. The molecule has 0 saturated carbocycles. The molecule has 12 heteroatoms. The van der Waals surface area contributed by atoms with Gasteiger partial charge in [-0.25, -0.2) is 18.7 Å². The number of pyridine rings is 1. The average molecular weight is 562 g/mol. The number of fused-ring (bicyclic) bond motifs is 1. The molecule has 2 aromatic heterocycles. The van der Waals surface area contributed by atoms with Crippen molar-refractivity contribution < 1.29 is 18.7 Å². The first-order valence-electron chi connectivity index (χ1n) is 13.0. The summed E-state index contributed by atoms with van der Waals surface area (Å²) >= 11 is 0. The van der Waals surface area contributed by atoms with Gasteiger partial charge in [0, 0.05) is 57.1 Å². The lowest BCUT2D eigenvalue weighted by molar-refractivity contribution is -0.111. The standard InChI is InChI=1S/C29H29F2N7O3/c1-3-24(40)33-19-6-4-5-18(15-19)20-16-25(41)36(2)23-17-32-29(35-28(20)23)34-21-7-8-22(27(31)26(21)30)38-11-9-37(10-12-38)13-14-39/h3-8,15-17,39H,1,9-14H2,2H3,(H,33,40)(H,32,34,35). The number of nitrogens with one attached hydrogen (secondary N) is 2. The van der Waals surface area contributed by atoms with Crippen LogP contribution in [0.2, 0.25) is 0 Å². The maximum absolute atomic E-state index is 15.2. The molecule has 3 N–H and O–H groups in total. The van der Waals surface area contributed by atoms with Crippen LogP contribution in [0, 0.1) is 11.6 Å². The van der Waals surface area contributed by atoms with E-state index < -0.39 is 11.6 Å². The number of aryl methyl sites for hydroxylation is 1. The molecule has 1 amide bonds. The molecule has 5 rings (SSSR count). The van der Waals surface area contributed by atoms with Crippen LogP contribution in [-0.4, -0.2) is 69.8 Å². The third-order valence-corrected chi connectivity index (χ3v) is 7.05. The number of halogens is 2. The van der Waals surface area contributed by atoms with Crippen molar-refractivity contribution in [1.29, 1.82) is 0 Å². The number of benzene rings is 2. The normalized spacial score (nSPS) is 13.8. The highest BCUT2D eigenvalue weighted by molar-refractivity contribution is 6.00. The quantitative estimate of drug-likeness (QED) is 0.281. The van der Waals surface area contributed by atoms with Crippen molar-refractivity contribution >= 4 is 40.0 Å². The molecule has 2 aromatic carbocycles. The number of amides is 1. The van der Waals surface area contributed by atoms with E-state index in [1.165, 1.54) is 29.0 Å². The number of rotatable bonds is 8. The van der Waals surface area contributed by atoms with E-state index in [4.69, 9.17) is 5.11 Å². The molecule has 3 heterocycles. The second-order valence-electron chi connectivity index (χ2n) is 9.59. The maximum Gasteiger partial charge on any atom is 0.251 e. The summed E-state index contributed by atoms with van der Waals surface area (Å²) in [7, 11) is 1.59. The predicted octanol–water partition coefficient (Wildman–Crippen LogP) is 3.26. The lowest BCUT2D eigenvalue weighted by Gasteiger charge is -2.36. The lowest BCUT2D eigenvalue weighted by Crippen LogP contribution is -2.47. The zero-order chi connectivity index (χ0) is 29.1. The summed E-state index contributed by atoms with van der Waals surface area (Å²) < 4.78 is 31.8. The molecule has 4 aromatic rings. The molecule has 212 valence electrons. The van der Waals surface area contributed by atoms with Crippen LogP contribution < -0.4 is 21.1 Å². The first kappa shape index (κ1) is 27.9. The van der Waals surface area contributed by atoms with E-state index in [-0.39, 0.29) is 35.4 Å². The Morgan fingerprint density at radius 3 is 2.63 bits per heavy atom. The summed E-state index contributed by atoms with van der Waals surface area (Å²) in [6.07, 6.45) is 2.59. The summed E-state index contributed by atoms with van der Waals surface area (Å²) in [5.74, 6) is -2.41. The molecule has 0 aliphatic carbocycles. The van der Waals surface area contributed by atoms with Crippen molar-refractivity contribution in [3.63, 3.8) is 0 Å². The van der Waals surface area contributed by atoms with Crippen molar-refractivity contribution in [2.45, 2.75) is 0 Å². The summed E-state index contributed by atoms with van der Waals surface area (Å²) in [4.78, 5) is 37.1. The Balaban J connectivity index is 1.46. The van der Waals surface area contributed by atoms with Gasteiger partial charge in [-0.2, -0.15) is 0 Å². The fourth-order valence-electron chi connectivity index (χ4n) is 4.82. The van der Waals surface area contributed by atoms with E-state index in [1.807, 2.05) is 0 Å². The molecule has 0 spiro atoms. The largest absolute Gasteiger partial charge is 0.395 e. The number of anilines is 4. The minimum atomic E-state index is -1.06.